The van der Waals surface area contributed by atoms with Crippen LogP contribution in [0.1, 0.15) is 52.4 Å². The first-order valence-corrected chi connectivity index (χ1v) is 7.16. The zero-order chi connectivity index (χ0) is 13.2. The fourth-order valence-electron chi connectivity index (χ4n) is 2.80. The molecule has 2 fully saturated rings. The molecule has 0 bridgehead atoms. The first-order chi connectivity index (χ1) is 8.50. The lowest BCUT2D eigenvalue weighted by atomic mass is 9.63. The van der Waals surface area contributed by atoms with Gasteiger partial charge in [0.1, 0.15) is 0 Å². The lowest BCUT2D eigenvalue weighted by molar-refractivity contribution is -0.125. The van der Waals surface area contributed by atoms with Gasteiger partial charge in [-0.05, 0) is 32.1 Å². The molecule has 1 heterocycles. The lowest BCUT2D eigenvalue weighted by Crippen LogP contribution is -2.64. The van der Waals surface area contributed by atoms with Gasteiger partial charge in [0.25, 0.3) is 0 Å². The molecule has 3 unspecified atom stereocenters. The Morgan fingerprint density at radius 1 is 1.44 bits per heavy atom. The summed E-state index contributed by atoms with van der Waals surface area (Å²) in [6.45, 7) is 5.10. The van der Waals surface area contributed by atoms with Gasteiger partial charge in [0, 0.05) is 30.5 Å². The van der Waals surface area contributed by atoms with Gasteiger partial charge >= 0.3 is 0 Å². The lowest BCUT2D eigenvalue weighted by Gasteiger charge is -2.50. The van der Waals surface area contributed by atoms with Gasteiger partial charge in [-0.1, -0.05) is 13.8 Å². The topological polar surface area (TPSA) is 64.3 Å². The smallest absolute Gasteiger partial charge is 0.220 e. The van der Waals surface area contributed by atoms with E-state index in [1.165, 1.54) is 6.42 Å². The van der Waals surface area contributed by atoms with E-state index in [4.69, 9.17) is 10.5 Å². The van der Waals surface area contributed by atoms with E-state index in [0.29, 0.717) is 12.5 Å². The quantitative estimate of drug-likeness (QED) is 0.800. The van der Waals surface area contributed by atoms with Crippen molar-refractivity contribution in [2.45, 2.75) is 70.6 Å². The molecule has 2 rings (SSSR count). The molecule has 0 aromatic heterocycles. The van der Waals surface area contributed by atoms with Crippen LogP contribution in [0.25, 0.3) is 0 Å². The molecule has 104 valence electrons. The Kier molecular flexibility index (Phi) is 4.28. The predicted molar refractivity (Wildman–Crippen MR) is 71.1 cm³/mol. The summed E-state index contributed by atoms with van der Waals surface area (Å²) >= 11 is 0. The van der Waals surface area contributed by atoms with Crippen molar-refractivity contribution in [2.24, 2.45) is 11.1 Å². The fraction of sp³-hybridized carbons (Fsp3) is 0.929. The summed E-state index contributed by atoms with van der Waals surface area (Å²) in [5.74, 6) is 0.147. The van der Waals surface area contributed by atoms with Crippen molar-refractivity contribution in [1.29, 1.82) is 0 Å². The van der Waals surface area contributed by atoms with Crippen LogP contribution in [-0.4, -0.2) is 30.7 Å². The number of amides is 1. The molecule has 1 aliphatic heterocycles. The van der Waals surface area contributed by atoms with Crippen molar-refractivity contribution in [1.82, 2.24) is 5.32 Å². The van der Waals surface area contributed by atoms with Crippen LogP contribution < -0.4 is 11.1 Å². The third-order valence-corrected chi connectivity index (χ3v) is 4.65. The number of hydrogen-bond donors (Lipinski definition) is 2. The molecule has 3 atom stereocenters. The molecule has 4 heteroatoms. The molecule has 0 radical (unpaired) electrons. The normalized spacial score (nSPS) is 34.7. The molecule has 2 aliphatic rings. The number of carbonyl (C=O) groups is 1. The largest absolute Gasteiger partial charge is 0.378 e. The summed E-state index contributed by atoms with van der Waals surface area (Å²) in [5, 5.41) is 3.10. The number of carbonyl (C=O) groups excluding carboxylic acids is 1. The summed E-state index contributed by atoms with van der Waals surface area (Å²) in [7, 11) is 0. The maximum Gasteiger partial charge on any atom is 0.220 e. The second-order valence-electron chi connectivity index (χ2n) is 6.31. The van der Waals surface area contributed by atoms with E-state index in [2.05, 4.69) is 19.2 Å². The minimum absolute atomic E-state index is 0.0387. The van der Waals surface area contributed by atoms with Gasteiger partial charge in [-0.25, -0.2) is 0 Å². The number of nitrogens with one attached hydrogen (secondary N) is 1. The summed E-state index contributed by atoms with van der Waals surface area (Å²) in [5.41, 5.74) is 5.98. The van der Waals surface area contributed by atoms with Crippen LogP contribution in [-0.2, 0) is 9.53 Å². The highest BCUT2D eigenvalue weighted by atomic mass is 16.5. The van der Waals surface area contributed by atoms with Crippen molar-refractivity contribution in [2.75, 3.05) is 6.61 Å². The van der Waals surface area contributed by atoms with Crippen molar-refractivity contribution in [3.63, 3.8) is 0 Å². The van der Waals surface area contributed by atoms with Crippen LogP contribution in [0.3, 0.4) is 0 Å². The van der Waals surface area contributed by atoms with Gasteiger partial charge < -0.3 is 15.8 Å². The fourth-order valence-corrected chi connectivity index (χ4v) is 2.80. The molecule has 0 aromatic carbocycles. The van der Waals surface area contributed by atoms with E-state index in [1.807, 2.05) is 0 Å². The van der Waals surface area contributed by atoms with Crippen molar-refractivity contribution < 1.29 is 9.53 Å². The molecular formula is C14H26N2O2. The first-order valence-electron chi connectivity index (χ1n) is 7.16. The van der Waals surface area contributed by atoms with E-state index >= 15 is 0 Å². The van der Waals surface area contributed by atoms with Crippen LogP contribution in [0.15, 0.2) is 0 Å². The Morgan fingerprint density at radius 3 is 2.78 bits per heavy atom. The summed E-state index contributed by atoms with van der Waals surface area (Å²) < 4.78 is 5.63. The molecule has 18 heavy (non-hydrogen) atoms. The van der Waals surface area contributed by atoms with Crippen LogP contribution >= 0.6 is 0 Å². The second kappa shape index (κ2) is 5.57. The Bertz CT molecular complexity index is 298. The zero-order valence-electron chi connectivity index (χ0n) is 11.6. The van der Waals surface area contributed by atoms with E-state index < -0.39 is 0 Å². The highest BCUT2D eigenvalue weighted by molar-refractivity contribution is 5.76. The zero-order valence-corrected chi connectivity index (χ0v) is 11.6. The van der Waals surface area contributed by atoms with Crippen LogP contribution in [0.2, 0.25) is 0 Å². The van der Waals surface area contributed by atoms with Crippen molar-refractivity contribution in [3.8, 4) is 0 Å². The molecule has 3 N–H and O–H groups in total. The number of hydrogen-bond acceptors (Lipinski definition) is 3. The van der Waals surface area contributed by atoms with Crippen molar-refractivity contribution in [3.05, 3.63) is 0 Å². The monoisotopic (exact) mass is 254 g/mol. The van der Waals surface area contributed by atoms with Gasteiger partial charge in [0.15, 0.2) is 0 Å². The average Bonchev–Trinajstić information content (AvgIpc) is 2.37. The molecule has 0 spiro atoms. The van der Waals surface area contributed by atoms with Gasteiger partial charge in [-0.2, -0.15) is 0 Å². The Hall–Kier alpha value is -0.610. The molecule has 1 aliphatic carbocycles. The summed E-state index contributed by atoms with van der Waals surface area (Å²) in [4.78, 5) is 11.9. The minimum atomic E-state index is 0.0387. The first kappa shape index (κ1) is 13.8. The molecule has 1 amide bonds. The standard InChI is InChI=1S/C14H26N2O2/c1-14(2)11(15)9-12(14)16-13(17)7-6-10-5-3-4-8-18-10/h10-12H,3-9,15H2,1-2H3,(H,16,17). The third-order valence-electron chi connectivity index (χ3n) is 4.65. The van der Waals surface area contributed by atoms with Gasteiger partial charge in [0.2, 0.25) is 5.91 Å². The van der Waals surface area contributed by atoms with Gasteiger partial charge in [-0.3, -0.25) is 4.79 Å². The number of rotatable bonds is 4. The molecular weight excluding hydrogens is 228 g/mol. The maximum atomic E-state index is 11.9. The van der Waals surface area contributed by atoms with Crippen LogP contribution in [0.4, 0.5) is 0 Å². The van der Waals surface area contributed by atoms with Gasteiger partial charge in [-0.15, -0.1) is 0 Å². The highest BCUT2D eigenvalue weighted by Gasteiger charge is 2.46. The van der Waals surface area contributed by atoms with E-state index in [1.54, 1.807) is 0 Å². The Balaban J connectivity index is 1.66. The molecule has 0 aromatic rings. The highest BCUT2D eigenvalue weighted by Crippen LogP contribution is 2.39. The SMILES string of the molecule is CC1(C)C(N)CC1NC(=O)CCC1CCCCO1. The van der Waals surface area contributed by atoms with Gasteiger partial charge in [0.05, 0.1) is 6.10 Å². The number of nitrogens with two attached hydrogens (primary N) is 1. The Morgan fingerprint density at radius 2 is 2.22 bits per heavy atom. The van der Waals surface area contributed by atoms with E-state index in [-0.39, 0.29) is 23.4 Å². The maximum absolute atomic E-state index is 11.9. The third kappa shape index (κ3) is 3.04. The van der Waals surface area contributed by atoms with Crippen LogP contribution in [0, 0.1) is 5.41 Å². The number of ether oxygens (including phenoxy) is 1. The van der Waals surface area contributed by atoms with Crippen LogP contribution in [0.5, 0.6) is 0 Å². The van der Waals surface area contributed by atoms with Crippen molar-refractivity contribution >= 4 is 5.91 Å². The van der Waals surface area contributed by atoms with E-state index in [9.17, 15) is 4.79 Å². The molecule has 1 saturated heterocycles. The summed E-state index contributed by atoms with van der Waals surface area (Å²) in [6.07, 6.45) is 6.12. The summed E-state index contributed by atoms with van der Waals surface area (Å²) in [6, 6.07) is 0.455. The minimum Gasteiger partial charge on any atom is -0.378 e. The molecule has 1 saturated carbocycles. The second-order valence-corrected chi connectivity index (χ2v) is 6.31. The molecule has 4 nitrogen and oxygen atoms in total. The average molecular weight is 254 g/mol. The predicted octanol–water partition coefficient (Wildman–Crippen LogP) is 1.58. The Labute approximate surface area is 110 Å². The van der Waals surface area contributed by atoms with E-state index in [0.717, 1.165) is 32.3 Å².